The Hall–Kier alpha value is -2.98. The highest BCUT2D eigenvalue weighted by Gasteiger charge is 2.33. The van der Waals surface area contributed by atoms with Gasteiger partial charge < -0.3 is 24.3 Å². The van der Waals surface area contributed by atoms with Crippen LogP contribution in [0.5, 0.6) is 23.0 Å². The fourth-order valence-corrected chi connectivity index (χ4v) is 5.49. The maximum absolute atomic E-state index is 13.1. The van der Waals surface area contributed by atoms with Gasteiger partial charge in [-0.1, -0.05) is 12.1 Å². The Kier molecular flexibility index (Phi) is 6.94. The van der Waals surface area contributed by atoms with Crippen LogP contribution in [0, 0.1) is 5.92 Å². The first kappa shape index (κ1) is 23.2. The second-order valence-electron chi connectivity index (χ2n) is 7.94. The first-order valence-electron chi connectivity index (χ1n) is 10.8. The van der Waals surface area contributed by atoms with Crippen molar-refractivity contribution in [3.8, 4) is 23.0 Å². The largest absolute Gasteiger partial charge is 0.493 e. The number of para-hydroxylation sites is 2. The van der Waals surface area contributed by atoms with Gasteiger partial charge in [0, 0.05) is 25.1 Å². The normalized spacial score (nSPS) is 19.0. The topological polar surface area (TPSA) is 103 Å². The zero-order valence-electron chi connectivity index (χ0n) is 18.7. The molecule has 2 aliphatic rings. The molecule has 1 atom stereocenters. The third-order valence-corrected chi connectivity index (χ3v) is 7.78. The van der Waals surface area contributed by atoms with Gasteiger partial charge in [-0.05, 0) is 37.1 Å². The summed E-state index contributed by atoms with van der Waals surface area (Å²) in [4.78, 5) is 12.8. The van der Waals surface area contributed by atoms with Gasteiger partial charge in [0.2, 0.25) is 15.9 Å². The number of piperidine rings is 1. The lowest BCUT2D eigenvalue weighted by Gasteiger charge is -2.31. The first-order valence-corrected chi connectivity index (χ1v) is 12.2. The Labute approximate surface area is 193 Å². The summed E-state index contributed by atoms with van der Waals surface area (Å²) in [6.45, 7) is 1.23. The van der Waals surface area contributed by atoms with Crippen LogP contribution in [0.1, 0.15) is 12.8 Å². The predicted octanol–water partition coefficient (Wildman–Crippen LogP) is 2.06. The number of benzene rings is 2. The number of rotatable bonds is 7. The molecule has 1 N–H and O–H groups in total. The van der Waals surface area contributed by atoms with Gasteiger partial charge in [-0.15, -0.1) is 0 Å². The van der Waals surface area contributed by atoms with Crippen LogP contribution in [-0.2, 0) is 14.8 Å². The van der Waals surface area contributed by atoms with Crippen molar-refractivity contribution in [2.75, 3.05) is 40.5 Å². The number of fused-ring (bicyclic) bond motifs is 1. The molecule has 0 bridgehead atoms. The summed E-state index contributed by atoms with van der Waals surface area (Å²) in [6, 6.07) is 11.9. The Bertz CT molecular complexity index is 1100. The third-order valence-electron chi connectivity index (χ3n) is 5.89. The minimum absolute atomic E-state index is 0.0966. The molecule has 2 aromatic carbocycles. The number of nitrogens with zero attached hydrogens (tertiary/aromatic N) is 1. The summed E-state index contributed by atoms with van der Waals surface area (Å²) in [5.41, 5.74) is 0. The standard InChI is InChI=1S/C23H28N2O7S/c1-29-19-8-7-18(13-22(19)30-2)33(27,28)25-11-9-16(10-12-25)23(26)24-14-17-15-31-20-5-3-4-6-21(20)32-17/h3-8,13,16-17H,9-12,14-15H2,1-2H3,(H,24,26)/t17-/m1/s1. The highest BCUT2D eigenvalue weighted by molar-refractivity contribution is 7.89. The molecule has 0 saturated carbocycles. The second kappa shape index (κ2) is 9.88. The lowest BCUT2D eigenvalue weighted by Crippen LogP contribution is -2.46. The quantitative estimate of drug-likeness (QED) is 0.652. The molecule has 0 spiro atoms. The molecule has 4 rings (SSSR count). The summed E-state index contributed by atoms with van der Waals surface area (Å²) in [5.74, 6) is 1.83. The van der Waals surface area contributed by atoms with E-state index in [-0.39, 0.29) is 35.9 Å². The summed E-state index contributed by atoms with van der Waals surface area (Å²) in [6.07, 6.45) is 0.626. The Morgan fingerprint density at radius 1 is 1.06 bits per heavy atom. The molecule has 178 valence electrons. The lowest BCUT2D eigenvalue weighted by molar-refractivity contribution is -0.126. The zero-order chi connectivity index (χ0) is 23.4. The van der Waals surface area contributed by atoms with Gasteiger partial charge in [0.25, 0.3) is 0 Å². The summed E-state index contributed by atoms with van der Waals surface area (Å²) < 4.78 is 49.5. The van der Waals surface area contributed by atoms with E-state index >= 15 is 0 Å². The van der Waals surface area contributed by atoms with Crippen molar-refractivity contribution in [2.24, 2.45) is 5.92 Å². The van der Waals surface area contributed by atoms with Gasteiger partial charge >= 0.3 is 0 Å². The van der Waals surface area contributed by atoms with Crippen LogP contribution < -0.4 is 24.3 Å². The molecule has 2 heterocycles. The van der Waals surface area contributed by atoms with Crippen molar-refractivity contribution in [2.45, 2.75) is 23.8 Å². The van der Waals surface area contributed by atoms with Crippen LogP contribution in [0.15, 0.2) is 47.4 Å². The first-order chi connectivity index (χ1) is 15.9. The summed E-state index contributed by atoms with van der Waals surface area (Å²) in [7, 11) is -0.743. The van der Waals surface area contributed by atoms with Gasteiger partial charge in [-0.25, -0.2) is 8.42 Å². The molecule has 1 saturated heterocycles. The molecule has 10 heteroatoms. The minimum Gasteiger partial charge on any atom is -0.493 e. The van der Waals surface area contributed by atoms with Crippen LogP contribution in [0.3, 0.4) is 0 Å². The van der Waals surface area contributed by atoms with E-state index in [1.807, 2.05) is 24.3 Å². The SMILES string of the molecule is COc1ccc(S(=O)(=O)N2CCC(C(=O)NC[C@@H]3COc4ccccc4O3)CC2)cc1OC. The molecule has 33 heavy (non-hydrogen) atoms. The van der Waals surface area contributed by atoms with Crippen molar-refractivity contribution in [3.63, 3.8) is 0 Å². The number of carbonyl (C=O) groups is 1. The van der Waals surface area contributed by atoms with Crippen molar-refractivity contribution in [1.82, 2.24) is 9.62 Å². The van der Waals surface area contributed by atoms with E-state index < -0.39 is 10.0 Å². The molecule has 9 nitrogen and oxygen atoms in total. The highest BCUT2D eigenvalue weighted by Crippen LogP contribution is 2.32. The fourth-order valence-electron chi connectivity index (χ4n) is 4.01. The molecule has 0 aliphatic carbocycles. The van der Waals surface area contributed by atoms with Crippen LogP contribution in [-0.4, -0.2) is 65.2 Å². The fraction of sp³-hybridized carbons (Fsp3) is 0.435. The van der Waals surface area contributed by atoms with Gasteiger partial charge in [0.05, 0.1) is 25.7 Å². The van der Waals surface area contributed by atoms with E-state index in [0.717, 1.165) is 0 Å². The average Bonchev–Trinajstić information content (AvgIpc) is 2.86. The molecule has 2 aliphatic heterocycles. The van der Waals surface area contributed by atoms with E-state index in [0.29, 0.717) is 49.0 Å². The van der Waals surface area contributed by atoms with Crippen molar-refractivity contribution < 1.29 is 32.2 Å². The van der Waals surface area contributed by atoms with E-state index in [9.17, 15) is 13.2 Å². The molecular formula is C23H28N2O7S. The van der Waals surface area contributed by atoms with Crippen LogP contribution in [0.25, 0.3) is 0 Å². The average molecular weight is 477 g/mol. The van der Waals surface area contributed by atoms with E-state index in [1.165, 1.54) is 30.7 Å². The van der Waals surface area contributed by atoms with E-state index in [4.69, 9.17) is 18.9 Å². The molecule has 0 unspecified atom stereocenters. The van der Waals surface area contributed by atoms with Gasteiger partial charge in [-0.3, -0.25) is 4.79 Å². The molecule has 0 radical (unpaired) electrons. The number of ether oxygens (including phenoxy) is 4. The number of hydrogen-bond donors (Lipinski definition) is 1. The number of carbonyl (C=O) groups excluding carboxylic acids is 1. The number of nitrogens with one attached hydrogen (secondary N) is 1. The van der Waals surface area contributed by atoms with Crippen LogP contribution in [0.4, 0.5) is 0 Å². The van der Waals surface area contributed by atoms with E-state index in [1.54, 1.807) is 6.07 Å². The monoisotopic (exact) mass is 476 g/mol. The Morgan fingerprint density at radius 3 is 2.45 bits per heavy atom. The molecular weight excluding hydrogens is 448 g/mol. The maximum Gasteiger partial charge on any atom is 0.243 e. The lowest BCUT2D eigenvalue weighted by atomic mass is 9.97. The molecule has 1 fully saturated rings. The van der Waals surface area contributed by atoms with E-state index in [2.05, 4.69) is 5.32 Å². The summed E-state index contributed by atoms with van der Waals surface area (Å²) in [5, 5.41) is 2.92. The third kappa shape index (κ3) is 5.01. The number of methoxy groups -OCH3 is 2. The number of amides is 1. The van der Waals surface area contributed by atoms with Gasteiger partial charge in [0.15, 0.2) is 23.0 Å². The molecule has 0 aromatic heterocycles. The summed E-state index contributed by atoms with van der Waals surface area (Å²) >= 11 is 0. The Balaban J connectivity index is 1.30. The predicted molar refractivity (Wildman–Crippen MR) is 120 cm³/mol. The second-order valence-corrected chi connectivity index (χ2v) is 9.88. The molecule has 1 amide bonds. The highest BCUT2D eigenvalue weighted by atomic mass is 32.2. The van der Waals surface area contributed by atoms with Crippen molar-refractivity contribution in [1.29, 1.82) is 0 Å². The number of hydrogen-bond acceptors (Lipinski definition) is 7. The van der Waals surface area contributed by atoms with Crippen LogP contribution >= 0.6 is 0 Å². The van der Waals surface area contributed by atoms with Gasteiger partial charge in [-0.2, -0.15) is 4.31 Å². The van der Waals surface area contributed by atoms with Crippen molar-refractivity contribution >= 4 is 15.9 Å². The van der Waals surface area contributed by atoms with Crippen LogP contribution in [0.2, 0.25) is 0 Å². The van der Waals surface area contributed by atoms with Crippen molar-refractivity contribution in [3.05, 3.63) is 42.5 Å². The Morgan fingerprint density at radius 2 is 1.76 bits per heavy atom. The number of sulfonamides is 1. The minimum atomic E-state index is -3.70. The maximum atomic E-state index is 13.1. The molecule has 2 aromatic rings. The van der Waals surface area contributed by atoms with Gasteiger partial charge in [0.1, 0.15) is 12.7 Å². The smallest absolute Gasteiger partial charge is 0.243 e. The zero-order valence-corrected chi connectivity index (χ0v) is 19.5.